The minimum atomic E-state index is -6.09. The number of halogens is 3. The van der Waals surface area contributed by atoms with Gasteiger partial charge in [0, 0.05) is 0 Å². The van der Waals surface area contributed by atoms with Crippen LogP contribution in [0.5, 0.6) is 0 Å². The van der Waals surface area contributed by atoms with Gasteiger partial charge in [0.2, 0.25) is 0 Å². The van der Waals surface area contributed by atoms with Crippen LogP contribution in [0, 0.1) is 6.92 Å². The third-order valence-corrected chi connectivity index (χ3v) is 6.22. The van der Waals surface area contributed by atoms with Crippen molar-refractivity contribution < 1.29 is 46.6 Å². The molecular formula is C13H26F3O3PPdS. The normalized spacial score (nSPS) is 11.4. The topological polar surface area (TPSA) is 57.2 Å². The van der Waals surface area contributed by atoms with Crippen LogP contribution in [0.3, 0.4) is 0 Å². The molecule has 138 valence electrons. The fourth-order valence-electron chi connectivity index (χ4n) is 1.79. The van der Waals surface area contributed by atoms with Crippen LogP contribution in [-0.2, 0) is 30.5 Å². The van der Waals surface area contributed by atoms with Gasteiger partial charge in [-0.05, 0) is 17.0 Å². The van der Waals surface area contributed by atoms with E-state index in [2.05, 4.69) is 55.0 Å². The molecule has 0 aromatic heterocycles. The molecule has 0 rings (SSSR count). The van der Waals surface area contributed by atoms with E-state index in [0.29, 0.717) is 0 Å². The summed E-state index contributed by atoms with van der Waals surface area (Å²) in [5.41, 5.74) is -2.95. The molecule has 0 N–H and O–H groups in total. The Balaban J connectivity index is -0.000000122. The number of alkyl halides is 3. The molecule has 0 atom stereocenters. The van der Waals surface area contributed by atoms with Crippen molar-refractivity contribution >= 4 is 18.0 Å². The summed E-state index contributed by atoms with van der Waals surface area (Å²) >= 11 is 0. The van der Waals surface area contributed by atoms with Gasteiger partial charge in [-0.1, -0.05) is 49.5 Å². The van der Waals surface area contributed by atoms with Crippen molar-refractivity contribution in [2.75, 3.05) is 0 Å². The van der Waals surface area contributed by atoms with Gasteiger partial charge in [-0.15, -0.1) is 0 Å². The number of allylic oxidation sites excluding steroid dienone is 1. The zero-order chi connectivity index (χ0) is 18.0. The van der Waals surface area contributed by atoms with Gasteiger partial charge in [-0.2, -0.15) is 13.2 Å². The van der Waals surface area contributed by atoms with Crippen molar-refractivity contribution in [3.8, 4) is 0 Å². The summed E-state index contributed by atoms with van der Waals surface area (Å²) in [4.78, 5) is 0. The summed E-state index contributed by atoms with van der Waals surface area (Å²) in [6.07, 6.45) is 1.50. The molecule has 0 saturated carbocycles. The molecule has 9 heteroatoms. The van der Waals surface area contributed by atoms with Crippen LogP contribution in [0.25, 0.3) is 0 Å². The Morgan fingerprint density at radius 1 is 1.05 bits per heavy atom. The Hall–Kier alpha value is 0.402. The molecule has 0 amide bonds. The maximum absolute atomic E-state index is 10.7. The minimum Gasteiger partial charge on any atom is -0.741 e. The van der Waals surface area contributed by atoms with E-state index >= 15 is 0 Å². The van der Waals surface area contributed by atoms with Gasteiger partial charge < -0.3 is 4.55 Å². The molecule has 22 heavy (non-hydrogen) atoms. The molecule has 0 aromatic carbocycles. The van der Waals surface area contributed by atoms with Gasteiger partial charge in [-0.25, -0.2) is 28.0 Å². The van der Waals surface area contributed by atoms with Crippen LogP contribution in [-0.4, -0.2) is 35.5 Å². The summed E-state index contributed by atoms with van der Waals surface area (Å²) in [5, 5.41) is 0. The average molecular weight is 457 g/mol. The molecule has 0 aliphatic heterocycles. The quantitative estimate of drug-likeness (QED) is 0.202. The smallest absolute Gasteiger partial charge is 0.741 e. The second-order valence-electron chi connectivity index (χ2n) is 4.92. The third-order valence-electron chi connectivity index (χ3n) is 2.07. The molecule has 0 fully saturated rings. The fourth-order valence-corrected chi connectivity index (χ4v) is 5.37. The molecule has 3 nitrogen and oxygen atoms in total. The van der Waals surface area contributed by atoms with Crippen LogP contribution in [0.15, 0.2) is 12.7 Å². The summed E-state index contributed by atoms with van der Waals surface area (Å²) in [6, 6.07) is 0. The predicted molar refractivity (Wildman–Crippen MR) is 83.6 cm³/mol. The summed E-state index contributed by atoms with van der Waals surface area (Å²) < 4.78 is 58.9. The maximum atomic E-state index is 10.7. The van der Waals surface area contributed by atoms with Gasteiger partial charge in [0.1, 0.15) is 0 Å². The minimum absolute atomic E-state index is 0. The van der Waals surface area contributed by atoms with Crippen molar-refractivity contribution in [3.63, 3.8) is 0 Å². The second-order valence-corrected chi connectivity index (χ2v) is 10.3. The number of hydrogen-bond donors (Lipinski definition) is 0. The first-order valence-electron chi connectivity index (χ1n) is 6.33. The van der Waals surface area contributed by atoms with E-state index in [1.165, 1.54) is 6.08 Å². The van der Waals surface area contributed by atoms with E-state index in [0.717, 1.165) is 17.0 Å². The first-order valence-corrected chi connectivity index (χ1v) is 9.28. The van der Waals surface area contributed by atoms with Gasteiger partial charge in [0.05, 0.1) is 0 Å². The van der Waals surface area contributed by atoms with E-state index in [9.17, 15) is 13.2 Å². The molecule has 0 saturated heterocycles. The van der Waals surface area contributed by atoms with Crippen molar-refractivity contribution in [2.24, 2.45) is 0 Å². The average Bonchev–Trinajstić information content (AvgIpc) is 2.13. The van der Waals surface area contributed by atoms with E-state index in [1.807, 2.05) is 0 Å². The number of hydrogen-bond acceptors (Lipinski definition) is 3. The third kappa shape index (κ3) is 16.8. The van der Waals surface area contributed by atoms with Crippen molar-refractivity contribution in [2.45, 2.75) is 64.0 Å². The SMILES string of the molecule is C=C[CH2-].CC(C)P(C(C)C)C(C)C.O=S(=O)([O-])C(F)(F)F.[Pd+2]. The van der Waals surface area contributed by atoms with E-state index in [1.54, 1.807) is 0 Å². The predicted octanol–water partition coefficient (Wildman–Crippen LogP) is 4.75. The Bertz CT molecular complexity index is 350. The van der Waals surface area contributed by atoms with Crippen molar-refractivity contribution in [3.05, 3.63) is 19.6 Å². The van der Waals surface area contributed by atoms with Gasteiger partial charge in [-0.3, -0.25) is 0 Å². The number of rotatable bonds is 3. The van der Waals surface area contributed by atoms with Crippen LogP contribution in [0.2, 0.25) is 0 Å². The zero-order valence-corrected chi connectivity index (χ0v) is 17.0. The Morgan fingerprint density at radius 3 is 1.18 bits per heavy atom. The van der Waals surface area contributed by atoms with Gasteiger partial charge in [0.15, 0.2) is 10.1 Å². The van der Waals surface area contributed by atoms with Crippen molar-refractivity contribution in [1.29, 1.82) is 0 Å². The zero-order valence-electron chi connectivity index (χ0n) is 13.8. The molecular weight excluding hydrogens is 431 g/mol. The fraction of sp³-hybridized carbons (Fsp3) is 0.769. The van der Waals surface area contributed by atoms with E-state index < -0.39 is 15.6 Å². The van der Waals surface area contributed by atoms with Gasteiger partial charge >= 0.3 is 25.9 Å². The molecule has 0 heterocycles. The molecule has 0 bridgehead atoms. The monoisotopic (exact) mass is 456 g/mol. The largest absolute Gasteiger partial charge is 2.00 e. The van der Waals surface area contributed by atoms with Crippen LogP contribution < -0.4 is 0 Å². The molecule has 0 aliphatic carbocycles. The summed E-state index contributed by atoms with van der Waals surface area (Å²) in [6.45, 7) is 20.6. The standard InChI is InChI=1S/C9H21P.C3H5.CHF3O3S.Pd/c1-7(2)10(8(3)4)9(5)6;1-3-2;2-1(3,4)8(5,6)7;/h7-9H,1-6H3;3H,1-2H2;(H,5,6,7);/q;-1;;+2/p-1. The van der Waals surface area contributed by atoms with Crippen LogP contribution in [0.1, 0.15) is 41.5 Å². The molecule has 0 radical (unpaired) electrons. The Kier molecular flexibility index (Phi) is 19.0. The first kappa shape index (κ1) is 30.3. The molecule has 0 aliphatic rings. The maximum Gasteiger partial charge on any atom is 2.00 e. The first-order chi connectivity index (χ1) is 9.13. The summed E-state index contributed by atoms with van der Waals surface area (Å²) in [7, 11) is -5.83. The molecule has 0 spiro atoms. The second kappa shape index (κ2) is 13.8. The summed E-state index contributed by atoms with van der Waals surface area (Å²) in [5.74, 6) is 0. The van der Waals surface area contributed by atoms with Crippen molar-refractivity contribution in [1.82, 2.24) is 0 Å². The van der Waals surface area contributed by atoms with Gasteiger partial charge in [0.25, 0.3) is 0 Å². The van der Waals surface area contributed by atoms with Crippen LogP contribution in [0.4, 0.5) is 13.2 Å². The Labute approximate surface area is 148 Å². The van der Waals surface area contributed by atoms with E-state index in [-0.39, 0.29) is 28.3 Å². The van der Waals surface area contributed by atoms with Crippen LogP contribution >= 0.6 is 7.92 Å². The Morgan fingerprint density at radius 2 is 1.18 bits per heavy atom. The van der Waals surface area contributed by atoms with E-state index in [4.69, 9.17) is 13.0 Å². The molecule has 0 aromatic rings. The molecule has 0 unspecified atom stereocenters.